The van der Waals surface area contributed by atoms with E-state index in [4.69, 9.17) is 9.26 Å². The quantitative estimate of drug-likeness (QED) is 0.842. The van der Waals surface area contributed by atoms with Crippen LogP contribution in [0.15, 0.2) is 28.8 Å². The Bertz CT molecular complexity index is 673. The van der Waals surface area contributed by atoms with Crippen molar-refractivity contribution in [3.63, 3.8) is 0 Å². The number of aryl methyl sites for hydroxylation is 1. The Morgan fingerprint density at radius 1 is 1.29 bits per heavy atom. The van der Waals surface area contributed by atoms with Crippen molar-refractivity contribution < 1.29 is 14.1 Å². The van der Waals surface area contributed by atoms with Gasteiger partial charge in [0.15, 0.2) is 5.82 Å². The molecule has 0 radical (unpaired) electrons. The molecule has 1 saturated heterocycles. The molecule has 0 unspecified atom stereocenters. The SMILES string of the molecule is CCCOc1ccc(C(=O)N2CCC(c3nc(C)no3)CC2)cc1. The van der Waals surface area contributed by atoms with Gasteiger partial charge in [-0.2, -0.15) is 4.98 Å². The van der Waals surface area contributed by atoms with E-state index in [9.17, 15) is 4.79 Å². The lowest BCUT2D eigenvalue weighted by atomic mass is 9.96. The van der Waals surface area contributed by atoms with Crippen LogP contribution >= 0.6 is 0 Å². The van der Waals surface area contributed by atoms with Crippen molar-refractivity contribution in [3.05, 3.63) is 41.5 Å². The van der Waals surface area contributed by atoms with Crippen molar-refractivity contribution >= 4 is 5.91 Å². The summed E-state index contributed by atoms with van der Waals surface area (Å²) in [5.41, 5.74) is 0.700. The number of carbonyl (C=O) groups is 1. The van der Waals surface area contributed by atoms with Gasteiger partial charge in [0.25, 0.3) is 5.91 Å². The van der Waals surface area contributed by atoms with Crippen LogP contribution in [0.3, 0.4) is 0 Å². The number of aromatic nitrogens is 2. The maximum atomic E-state index is 12.6. The molecule has 1 fully saturated rings. The highest BCUT2D eigenvalue weighted by Gasteiger charge is 2.27. The molecular formula is C18H23N3O3. The highest BCUT2D eigenvalue weighted by molar-refractivity contribution is 5.94. The zero-order valence-electron chi connectivity index (χ0n) is 14.2. The standard InChI is InChI=1S/C18H23N3O3/c1-3-12-23-16-6-4-15(5-7-16)18(22)21-10-8-14(9-11-21)17-19-13(2)20-24-17/h4-7,14H,3,8-12H2,1-2H3. The van der Waals surface area contributed by atoms with E-state index in [1.54, 1.807) is 0 Å². The third-order valence-corrected chi connectivity index (χ3v) is 4.25. The van der Waals surface area contributed by atoms with Gasteiger partial charge in [-0.1, -0.05) is 12.1 Å². The first-order chi connectivity index (χ1) is 11.7. The number of hydrogen-bond donors (Lipinski definition) is 0. The van der Waals surface area contributed by atoms with Gasteiger partial charge in [-0.25, -0.2) is 0 Å². The minimum absolute atomic E-state index is 0.0669. The second kappa shape index (κ2) is 7.47. The fourth-order valence-corrected chi connectivity index (χ4v) is 2.90. The van der Waals surface area contributed by atoms with Crippen LogP contribution in [-0.2, 0) is 0 Å². The molecule has 1 aromatic carbocycles. The van der Waals surface area contributed by atoms with E-state index in [-0.39, 0.29) is 11.8 Å². The number of likely N-dealkylation sites (tertiary alicyclic amines) is 1. The van der Waals surface area contributed by atoms with Gasteiger partial charge in [0, 0.05) is 24.6 Å². The largest absolute Gasteiger partial charge is 0.494 e. The topological polar surface area (TPSA) is 68.5 Å². The van der Waals surface area contributed by atoms with E-state index < -0.39 is 0 Å². The lowest BCUT2D eigenvalue weighted by Crippen LogP contribution is -2.38. The molecule has 1 aliphatic heterocycles. The molecule has 3 rings (SSSR count). The maximum Gasteiger partial charge on any atom is 0.253 e. The predicted octanol–water partition coefficient (Wildman–Crippen LogP) is 3.19. The van der Waals surface area contributed by atoms with Crippen LogP contribution in [0, 0.1) is 6.92 Å². The number of piperidine rings is 1. The average Bonchev–Trinajstić information content (AvgIpc) is 3.06. The molecule has 2 heterocycles. The van der Waals surface area contributed by atoms with Crippen molar-refractivity contribution in [2.75, 3.05) is 19.7 Å². The fourth-order valence-electron chi connectivity index (χ4n) is 2.90. The molecule has 0 spiro atoms. The van der Waals surface area contributed by atoms with E-state index in [0.29, 0.717) is 37.0 Å². The molecule has 0 aliphatic carbocycles. The number of carbonyl (C=O) groups excluding carboxylic acids is 1. The van der Waals surface area contributed by atoms with Crippen molar-refractivity contribution in [2.24, 2.45) is 0 Å². The molecule has 24 heavy (non-hydrogen) atoms. The van der Waals surface area contributed by atoms with Gasteiger partial charge in [-0.05, 0) is 50.5 Å². The molecule has 1 aliphatic rings. The van der Waals surface area contributed by atoms with Gasteiger partial charge in [0.05, 0.1) is 6.61 Å². The molecule has 0 atom stereocenters. The molecule has 6 nitrogen and oxygen atoms in total. The molecule has 128 valence electrons. The third kappa shape index (κ3) is 3.75. The number of rotatable bonds is 5. The van der Waals surface area contributed by atoms with Crippen molar-refractivity contribution in [2.45, 2.75) is 39.0 Å². The summed E-state index contributed by atoms with van der Waals surface area (Å²) < 4.78 is 10.8. The van der Waals surface area contributed by atoms with E-state index in [1.807, 2.05) is 36.1 Å². The molecule has 0 bridgehead atoms. The molecule has 1 aromatic heterocycles. The Balaban J connectivity index is 1.56. The number of hydrogen-bond acceptors (Lipinski definition) is 5. The molecule has 2 aromatic rings. The van der Waals surface area contributed by atoms with Gasteiger partial charge in [-0.3, -0.25) is 4.79 Å². The highest BCUT2D eigenvalue weighted by atomic mass is 16.5. The Kier molecular flexibility index (Phi) is 5.13. The van der Waals surface area contributed by atoms with Crippen molar-refractivity contribution in [3.8, 4) is 5.75 Å². The predicted molar refractivity (Wildman–Crippen MR) is 89.1 cm³/mol. The first-order valence-corrected chi connectivity index (χ1v) is 8.49. The Morgan fingerprint density at radius 3 is 2.58 bits per heavy atom. The van der Waals surface area contributed by atoms with E-state index in [1.165, 1.54) is 0 Å². The summed E-state index contributed by atoms with van der Waals surface area (Å²) in [7, 11) is 0. The summed E-state index contributed by atoms with van der Waals surface area (Å²) in [6.07, 6.45) is 2.67. The average molecular weight is 329 g/mol. The third-order valence-electron chi connectivity index (χ3n) is 4.25. The molecule has 1 amide bonds. The zero-order valence-corrected chi connectivity index (χ0v) is 14.2. The van der Waals surface area contributed by atoms with Gasteiger partial charge >= 0.3 is 0 Å². The Morgan fingerprint density at radius 2 is 2.00 bits per heavy atom. The first-order valence-electron chi connectivity index (χ1n) is 8.49. The minimum Gasteiger partial charge on any atom is -0.494 e. The second-order valence-electron chi connectivity index (χ2n) is 6.12. The lowest BCUT2D eigenvalue weighted by Gasteiger charge is -2.30. The van der Waals surface area contributed by atoms with Gasteiger partial charge in [-0.15, -0.1) is 0 Å². The minimum atomic E-state index is 0.0669. The fraction of sp³-hybridized carbons (Fsp3) is 0.500. The summed E-state index contributed by atoms with van der Waals surface area (Å²) >= 11 is 0. The molecule has 0 saturated carbocycles. The highest BCUT2D eigenvalue weighted by Crippen LogP contribution is 2.27. The monoisotopic (exact) mass is 329 g/mol. The van der Waals surface area contributed by atoms with Crippen LogP contribution in [0.4, 0.5) is 0 Å². The van der Waals surface area contributed by atoms with Crippen LogP contribution < -0.4 is 4.74 Å². The Labute approximate surface area is 141 Å². The van der Waals surface area contributed by atoms with E-state index in [2.05, 4.69) is 17.1 Å². The number of benzene rings is 1. The number of ether oxygens (including phenoxy) is 1. The van der Waals surface area contributed by atoms with Gasteiger partial charge in [0.1, 0.15) is 5.75 Å². The van der Waals surface area contributed by atoms with Crippen LogP contribution in [0.2, 0.25) is 0 Å². The van der Waals surface area contributed by atoms with Crippen molar-refractivity contribution in [1.82, 2.24) is 15.0 Å². The normalized spacial score (nSPS) is 15.5. The van der Waals surface area contributed by atoms with Crippen LogP contribution in [0.5, 0.6) is 5.75 Å². The number of amides is 1. The summed E-state index contributed by atoms with van der Waals surface area (Å²) in [4.78, 5) is 18.8. The van der Waals surface area contributed by atoms with Crippen LogP contribution in [-0.4, -0.2) is 40.6 Å². The molecule has 0 N–H and O–H groups in total. The van der Waals surface area contributed by atoms with E-state index in [0.717, 1.165) is 25.0 Å². The first kappa shape index (κ1) is 16.5. The summed E-state index contributed by atoms with van der Waals surface area (Å²) in [5.74, 6) is 2.47. The summed E-state index contributed by atoms with van der Waals surface area (Å²) in [5, 5.41) is 3.84. The second-order valence-corrected chi connectivity index (χ2v) is 6.12. The molecular weight excluding hydrogens is 306 g/mol. The van der Waals surface area contributed by atoms with Crippen LogP contribution in [0.25, 0.3) is 0 Å². The van der Waals surface area contributed by atoms with Gasteiger partial charge < -0.3 is 14.2 Å². The van der Waals surface area contributed by atoms with E-state index >= 15 is 0 Å². The maximum absolute atomic E-state index is 12.6. The smallest absolute Gasteiger partial charge is 0.253 e. The zero-order chi connectivity index (χ0) is 16.9. The lowest BCUT2D eigenvalue weighted by molar-refractivity contribution is 0.0704. The Hall–Kier alpha value is -2.37. The van der Waals surface area contributed by atoms with Crippen LogP contribution in [0.1, 0.15) is 54.2 Å². The van der Waals surface area contributed by atoms with Crippen molar-refractivity contribution in [1.29, 1.82) is 0 Å². The molecule has 6 heteroatoms. The van der Waals surface area contributed by atoms with Gasteiger partial charge in [0.2, 0.25) is 5.89 Å². The summed E-state index contributed by atoms with van der Waals surface area (Å²) in [6, 6.07) is 7.38. The summed E-state index contributed by atoms with van der Waals surface area (Å²) in [6.45, 7) is 5.99. The number of nitrogens with zero attached hydrogens (tertiary/aromatic N) is 3.